The van der Waals surface area contributed by atoms with E-state index in [1.165, 1.54) is 0 Å². The number of nitrogen functional groups attached to an aromatic ring is 1. The van der Waals surface area contributed by atoms with Gasteiger partial charge in [0, 0.05) is 50.4 Å². The van der Waals surface area contributed by atoms with E-state index in [1.54, 1.807) is 14.2 Å². The number of methoxy groups -OCH3 is 2. The molecule has 0 radical (unpaired) electrons. The van der Waals surface area contributed by atoms with Crippen LogP contribution >= 0.6 is 0 Å². The molecule has 0 aliphatic carbocycles. The molecule has 2 aromatic carbocycles. The Labute approximate surface area is 166 Å². The summed E-state index contributed by atoms with van der Waals surface area (Å²) in [5.74, 6) is 1.88. The van der Waals surface area contributed by atoms with Gasteiger partial charge in [-0.2, -0.15) is 0 Å². The largest absolute Gasteiger partial charge is 0.497 e. The second-order valence-corrected chi connectivity index (χ2v) is 7.03. The zero-order valence-electron chi connectivity index (χ0n) is 16.7. The molecule has 6 nitrogen and oxygen atoms in total. The highest BCUT2D eigenvalue weighted by Gasteiger charge is 2.22. The maximum absolute atomic E-state index is 12.6. The first-order valence-corrected chi connectivity index (χ1v) is 9.65. The summed E-state index contributed by atoms with van der Waals surface area (Å²) in [7, 11) is 3.35. The number of hydrogen-bond donors (Lipinski definition) is 1. The Bertz CT molecular complexity index is 801. The minimum Gasteiger partial charge on any atom is -0.497 e. The highest BCUT2D eigenvalue weighted by atomic mass is 16.5. The molecule has 28 heavy (non-hydrogen) atoms. The Morgan fingerprint density at radius 1 is 1.00 bits per heavy atom. The average Bonchev–Trinajstić information content (AvgIpc) is 2.73. The summed E-state index contributed by atoms with van der Waals surface area (Å²) in [6, 6.07) is 13.6. The van der Waals surface area contributed by atoms with E-state index < -0.39 is 0 Å². The van der Waals surface area contributed by atoms with Gasteiger partial charge < -0.3 is 20.1 Å². The molecule has 3 rings (SSSR count). The standard InChI is InChI=1S/C22H29N3O3/c1-27-19-8-9-21(28-2)18(15-19)16-24-11-13-25(14-12-24)22(26)10-7-17-5-3-4-6-20(17)23/h3-6,8-9,15H,7,10-14,16,23H2,1-2H3. The van der Waals surface area contributed by atoms with Crippen LogP contribution in [0.4, 0.5) is 5.69 Å². The maximum atomic E-state index is 12.6. The van der Waals surface area contributed by atoms with Gasteiger partial charge in [-0.15, -0.1) is 0 Å². The van der Waals surface area contributed by atoms with Crippen molar-refractivity contribution in [1.29, 1.82) is 0 Å². The van der Waals surface area contributed by atoms with Crippen LogP contribution in [-0.4, -0.2) is 56.1 Å². The van der Waals surface area contributed by atoms with Crippen LogP contribution in [0.1, 0.15) is 17.5 Å². The fraction of sp³-hybridized carbons (Fsp3) is 0.409. The number of nitrogens with two attached hydrogens (primary N) is 1. The third kappa shape index (κ3) is 4.95. The zero-order chi connectivity index (χ0) is 19.9. The monoisotopic (exact) mass is 383 g/mol. The number of hydrogen-bond acceptors (Lipinski definition) is 5. The lowest BCUT2D eigenvalue weighted by atomic mass is 10.1. The maximum Gasteiger partial charge on any atom is 0.222 e. The molecule has 0 atom stereocenters. The van der Waals surface area contributed by atoms with Crippen molar-refractivity contribution in [3.63, 3.8) is 0 Å². The Morgan fingerprint density at radius 2 is 1.75 bits per heavy atom. The number of amides is 1. The molecule has 1 amide bonds. The van der Waals surface area contributed by atoms with Crippen LogP contribution in [0.5, 0.6) is 11.5 Å². The predicted molar refractivity (Wildman–Crippen MR) is 111 cm³/mol. The Morgan fingerprint density at radius 3 is 2.43 bits per heavy atom. The van der Waals surface area contributed by atoms with Crippen LogP contribution in [0.3, 0.4) is 0 Å². The number of para-hydroxylation sites is 1. The van der Waals surface area contributed by atoms with Gasteiger partial charge >= 0.3 is 0 Å². The number of rotatable bonds is 7. The summed E-state index contributed by atoms with van der Waals surface area (Å²) in [5, 5.41) is 0. The third-order valence-corrected chi connectivity index (χ3v) is 5.27. The minimum atomic E-state index is 0.196. The van der Waals surface area contributed by atoms with Crippen LogP contribution in [0, 0.1) is 0 Å². The minimum absolute atomic E-state index is 0.196. The number of ether oxygens (including phenoxy) is 2. The quantitative estimate of drug-likeness (QED) is 0.745. The molecule has 2 N–H and O–H groups in total. The van der Waals surface area contributed by atoms with Crippen LogP contribution in [-0.2, 0) is 17.8 Å². The van der Waals surface area contributed by atoms with Crippen LogP contribution in [0.2, 0.25) is 0 Å². The van der Waals surface area contributed by atoms with Gasteiger partial charge in [0.25, 0.3) is 0 Å². The van der Waals surface area contributed by atoms with Crippen molar-refractivity contribution in [2.75, 3.05) is 46.1 Å². The van der Waals surface area contributed by atoms with E-state index in [-0.39, 0.29) is 5.91 Å². The van der Waals surface area contributed by atoms with E-state index in [1.807, 2.05) is 47.4 Å². The number of aryl methyl sites for hydroxylation is 1. The molecule has 0 unspecified atom stereocenters. The number of nitrogens with zero attached hydrogens (tertiary/aromatic N) is 2. The average molecular weight is 383 g/mol. The molecule has 1 fully saturated rings. The highest BCUT2D eigenvalue weighted by molar-refractivity contribution is 5.76. The lowest BCUT2D eigenvalue weighted by Gasteiger charge is -2.35. The van der Waals surface area contributed by atoms with E-state index in [2.05, 4.69) is 4.90 Å². The fourth-order valence-electron chi connectivity index (χ4n) is 3.56. The van der Waals surface area contributed by atoms with Crippen molar-refractivity contribution in [2.24, 2.45) is 0 Å². The summed E-state index contributed by atoms with van der Waals surface area (Å²) in [6.45, 7) is 3.97. The summed E-state index contributed by atoms with van der Waals surface area (Å²) >= 11 is 0. The highest BCUT2D eigenvalue weighted by Crippen LogP contribution is 2.25. The van der Waals surface area contributed by atoms with Crippen molar-refractivity contribution in [3.05, 3.63) is 53.6 Å². The van der Waals surface area contributed by atoms with Gasteiger partial charge in [-0.1, -0.05) is 18.2 Å². The molecule has 0 spiro atoms. The van der Waals surface area contributed by atoms with Gasteiger partial charge in [-0.05, 0) is 36.2 Å². The second-order valence-electron chi connectivity index (χ2n) is 7.03. The van der Waals surface area contributed by atoms with Gasteiger partial charge in [-0.25, -0.2) is 0 Å². The van der Waals surface area contributed by atoms with E-state index in [0.29, 0.717) is 12.8 Å². The second kappa shape index (κ2) is 9.46. The molecule has 1 aliphatic rings. The zero-order valence-corrected chi connectivity index (χ0v) is 16.7. The molecule has 6 heteroatoms. The Hall–Kier alpha value is -2.73. The number of carbonyl (C=O) groups excluding carboxylic acids is 1. The summed E-state index contributed by atoms with van der Waals surface area (Å²) in [6.07, 6.45) is 1.19. The van der Waals surface area contributed by atoms with Crippen LogP contribution < -0.4 is 15.2 Å². The molecule has 150 valence electrons. The van der Waals surface area contributed by atoms with Crippen molar-refractivity contribution in [1.82, 2.24) is 9.80 Å². The summed E-state index contributed by atoms with van der Waals surface area (Å²) in [5.41, 5.74) is 8.87. The van der Waals surface area contributed by atoms with E-state index in [9.17, 15) is 4.79 Å². The molecular weight excluding hydrogens is 354 g/mol. The lowest BCUT2D eigenvalue weighted by Crippen LogP contribution is -2.48. The van der Waals surface area contributed by atoms with E-state index in [0.717, 1.165) is 61.0 Å². The van der Waals surface area contributed by atoms with Gasteiger partial charge in [-0.3, -0.25) is 9.69 Å². The molecule has 1 aliphatic heterocycles. The number of piperazine rings is 1. The molecular formula is C22H29N3O3. The normalized spacial score (nSPS) is 14.7. The Balaban J connectivity index is 1.50. The number of anilines is 1. The summed E-state index contributed by atoms with van der Waals surface area (Å²) in [4.78, 5) is 16.9. The topological polar surface area (TPSA) is 68.0 Å². The first-order chi connectivity index (χ1) is 13.6. The van der Waals surface area contributed by atoms with Crippen molar-refractivity contribution < 1.29 is 14.3 Å². The predicted octanol–water partition coefficient (Wildman–Crippen LogP) is 2.56. The molecule has 1 heterocycles. The van der Waals surface area contributed by atoms with Crippen molar-refractivity contribution in [3.8, 4) is 11.5 Å². The smallest absolute Gasteiger partial charge is 0.222 e. The number of benzene rings is 2. The van der Waals surface area contributed by atoms with Crippen LogP contribution in [0.25, 0.3) is 0 Å². The first kappa shape index (κ1) is 20.0. The molecule has 0 aromatic heterocycles. The van der Waals surface area contributed by atoms with E-state index >= 15 is 0 Å². The molecule has 2 aromatic rings. The molecule has 0 bridgehead atoms. The Kier molecular flexibility index (Phi) is 6.76. The van der Waals surface area contributed by atoms with Gasteiger partial charge in [0.05, 0.1) is 14.2 Å². The first-order valence-electron chi connectivity index (χ1n) is 9.65. The van der Waals surface area contributed by atoms with Crippen molar-refractivity contribution in [2.45, 2.75) is 19.4 Å². The molecule has 0 saturated carbocycles. The van der Waals surface area contributed by atoms with Crippen LogP contribution in [0.15, 0.2) is 42.5 Å². The molecule has 1 saturated heterocycles. The number of carbonyl (C=O) groups is 1. The van der Waals surface area contributed by atoms with Gasteiger partial charge in [0.15, 0.2) is 0 Å². The van der Waals surface area contributed by atoms with Gasteiger partial charge in [0.1, 0.15) is 11.5 Å². The van der Waals surface area contributed by atoms with Crippen molar-refractivity contribution >= 4 is 11.6 Å². The van der Waals surface area contributed by atoms with E-state index in [4.69, 9.17) is 15.2 Å². The lowest BCUT2D eigenvalue weighted by molar-refractivity contribution is -0.133. The fourth-order valence-corrected chi connectivity index (χ4v) is 3.56. The van der Waals surface area contributed by atoms with Gasteiger partial charge in [0.2, 0.25) is 5.91 Å². The summed E-state index contributed by atoms with van der Waals surface area (Å²) < 4.78 is 10.8. The SMILES string of the molecule is COc1ccc(OC)c(CN2CCN(C(=O)CCc3ccccc3N)CC2)c1. The third-order valence-electron chi connectivity index (χ3n) is 5.27.